The van der Waals surface area contributed by atoms with Crippen LogP contribution in [-0.2, 0) is 4.79 Å². The Hall–Kier alpha value is -1.68. The summed E-state index contributed by atoms with van der Waals surface area (Å²) in [6.45, 7) is 3.39. The van der Waals surface area contributed by atoms with Gasteiger partial charge in [0.1, 0.15) is 5.82 Å². The average molecular weight is 236 g/mol. The summed E-state index contributed by atoms with van der Waals surface area (Å²) >= 11 is 5.77. The summed E-state index contributed by atoms with van der Waals surface area (Å²) in [7, 11) is 0. The van der Waals surface area contributed by atoms with Crippen LogP contribution in [0.25, 0.3) is 10.9 Å². The molecule has 82 valence electrons. The van der Waals surface area contributed by atoms with E-state index < -0.39 is 0 Å². The molecule has 2 rings (SSSR count). The van der Waals surface area contributed by atoms with E-state index in [0.29, 0.717) is 11.3 Å². The number of hydrogen-bond donors (Lipinski definition) is 1. The van der Waals surface area contributed by atoms with Gasteiger partial charge in [0.25, 0.3) is 0 Å². The first-order valence-electron chi connectivity index (χ1n) is 4.78. The maximum Gasteiger partial charge on any atom is 0.224 e. The van der Waals surface area contributed by atoms with Crippen LogP contribution in [0.5, 0.6) is 0 Å². The average Bonchev–Trinajstić information content (AvgIpc) is 2.18. The monoisotopic (exact) mass is 235 g/mol. The van der Waals surface area contributed by atoms with Gasteiger partial charge in [-0.2, -0.15) is 4.98 Å². The van der Waals surface area contributed by atoms with Crippen molar-refractivity contribution in [3.05, 3.63) is 29.0 Å². The van der Waals surface area contributed by atoms with E-state index in [1.54, 1.807) is 0 Å². The predicted octanol–water partition coefficient (Wildman–Crippen LogP) is 2.55. The first-order chi connectivity index (χ1) is 7.56. The number of benzene rings is 1. The van der Waals surface area contributed by atoms with Crippen molar-refractivity contribution >= 4 is 34.2 Å². The van der Waals surface area contributed by atoms with E-state index in [9.17, 15) is 4.79 Å². The lowest BCUT2D eigenvalue weighted by Crippen LogP contribution is -2.08. The Balaban J connectivity index is 2.69. The van der Waals surface area contributed by atoms with Crippen LogP contribution >= 0.6 is 11.6 Å². The van der Waals surface area contributed by atoms with Crippen molar-refractivity contribution in [3.8, 4) is 0 Å². The molecule has 0 aliphatic rings. The molecule has 1 amide bonds. The van der Waals surface area contributed by atoms with Crippen LogP contribution in [0, 0.1) is 6.92 Å². The fraction of sp³-hybridized carbons (Fsp3) is 0.182. The molecule has 0 spiro atoms. The summed E-state index contributed by atoms with van der Waals surface area (Å²) in [6.07, 6.45) is 0. The molecule has 1 aromatic heterocycles. The highest BCUT2D eigenvalue weighted by atomic mass is 35.5. The van der Waals surface area contributed by atoms with Gasteiger partial charge < -0.3 is 5.32 Å². The number of amides is 1. The number of aryl methyl sites for hydroxylation is 1. The summed E-state index contributed by atoms with van der Waals surface area (Å²) in [6, 6.07) is 5.70. The lowest BCUT2D eigenvalue weighted by molar-refractivity contribution is -0.114. The maximum atomic E-state index is 11.0. The fourth-order valence-electron chi connectivity index (χ4n) is 1.48. The largest absolute Gasteiger partial charge is 0.310 e. The number of rotatable bonds is 1. The smallest absolute Gasteiger partial charge is 0.224 e. The van der Waals surface area contributed by atoms with Gasteiger partial charge in [-0.3, -0.25) is 4.79 Å². The normalized spacial score (nSPS) is 10.4. The third-order valence-corrected chi connectivity index (χ3v) is 2.29. The Bertz CT molecular complexity index is 568. The van der Waals surface area contributed by atoms with Crippen LogP contribution in [0.15, 0.2) is 18.2 Å². The van der Waals surface area contributed by atoms with Crippen molar-refractivity contribution in [3.63, 3.8) is 0 Å². The van der Waals surface area contributed by atoms with Gasteiger partial charge in [-0.25, -0.2) is 4.98 Å². The molecule has 1 N–H and O–H groups in total. The zero-order valence-corrected chi connectivity index (χ0v) is 9.67. The molecule has 1 heterocycles. The Morgan fingerprint density at radius 3 is 2.81 bits per heavy atom. The van der Waals surface area contributed by atoms with Crippen LogP contribution in [0.4, 0.5) is 5.82 Å². The van der Waals surface area contributed by atoms with Gasteiger partial charge in [0.15, 0.2) is 0 Å². The standard InChI is InChI=1S/C11H10ClN3O/c1-6-3-4-9-8(5-6)10(13-7(2)16)15-11(12)14-9/h3-5H,1-2H3,(H,13,14,15,16). The van der Waals surface area contributed by atoms with Crippen LogP contribution < -0.4 is 5.32 Å². The molecule has 4 nitrogen and oxygen atoms in total. The van der Waals surface area contributed by atoms with Gasteiger partial charge in [0.05, 0.1) is 5.52 Å². The Labute approximate surface area is 97.7 Å². The predicted molar refractivity (Wildman–Crippen MR) is 63.6 cm³/mol. The molecule has 0 unspecified atom stereocenters. The van der Waals surface area contributed by atoms with Crippen LogP contribution in [0.2, 0.25) is 5.28 Å². The van der Waals surface area contributed by atoms with Gasteiger partial charge >= 0.3 is 0 Å². The van der Waals surface area contributed by atoms with E-state index in [-0.39, 0.29) is 11.2 Å². The molecule has 1 aromatic carbocycles. The zero-order chi connectivity index (χ0) is 11.7. The topological polar surface area (TPSA) is 54.9 Å². The van der Waals surface area contributed by atoms with Gasteiger partial charge in [-0.05, 0) is 30.7 Å². The van der Waals surface area contributed by atoms with Crippen LogP contribution in [0.1, 0.15) is 12.5 Å². The third kappa shape index (κ3) is 2.12. The molecule has 16 heavy (non-hydrogen) atoms. The maximum absolute atomic E-state index is 11.0. The van der Waals surface area contributed by atoms with E-state index in [0.717, 1.165) is 10.9 Å². The third-order valence-electron chi connectivity index (χ3n) is 2.12. The van der Waals surface area contributed by atoms with Crippen LogP contribution in [0.3, 0.4) is 0 Å². The lowest BCUT2D eigenvalue weighted by atomic mass is 10.1. The molecular weight excluding hydrogens is 226 g/mol. The number of aromatic nitrogens is 2. The lowest BCUT2D eigenvalue weighted by Gasteiger charge is -2.06. The number of anilines is 1. The van der Waals surface area contributed by atoms with Crippen molar-refractivity contribution in [2.24, 2.45) is 0 Å². The van der Waals surface area contributed by atoms with Gasteiger partial charge in [-0.1, -0.05) is 11.6 Å². The van der Waals surface area contributed by atoms with Crippen molar-refractivity contribution in [1.29, 1.82) is 0 Å². The molecule has 0 aliphatic carbocycles. The molecule has 0 aliphatic heterocycles. The van der Waals surface area contributed by atoms with Crippen LogP contribution in [-0.4, -0.2) is 15.9 Å². The van der Waals surface area contributed by atoms with Crippen molar-refractivity contribution < 1.29 is 4.79 Å². The summed E-state index contributed by atoms with van der Waals surface area (Å²) in [5.41, 5.74) is 1.79. The Morgan fingerprint density at radius 2 is 2.12 bits per heavy atom. The number of nitrogens with one attached hydrogen (secondary N) is 1. The number of hydrogen-bond acceptors (Lipinski definition) is 3. The summed E-state index contributed by atoms with van der Waals surface area (Å²) in [5, 5.41) is 3.56. The summed E-state index contributed by atoms with van der Waals surface area (Å²) < 4.78 is 0. The second-order valence-electron chi connectivity index (χ2n) is 3.54. The molecule has 0 fully saturated rings. The second kappa shape index (κ2) is 4.06. The van der Waals surface area contributed by atoms with E-state index in [1.165, 1.54) is 6.92 Å². The van der Waals surface area contributed by atoms with Gasteiger partial charge in [-0.15, -0.1) is 0 Å². The minimum Gasteiger partial charge on any atom is -0.310 e. The highest BCUT2D eigenvalue weighted by molar-refractivity contribution is 6.29. The first kappa shape index (κ1) is 10.8. The van der Waals surface area contributed by atoms with Gasteiger partial charge in [0.2, 0.25) is 11.2 Å². The highest BCUT2D eigenvalue weighted by Gasteiger charge is 2.07. The highest BCUT2D eigenvalue weighted by Crippen LogP contribution is 2.23. The zero-order valence-electron chi connectivity index (χ0n) is 8.91. The summed E-state index contributed by atoms with van der Waals surface area (Å²) in [4.78, 5) is 19.1. The van der Waals surface area contributed by atoms with Crippen molar-refractivity contribution in [1.82, 2.24) is 9.97 Å². The molecule has 0 saturated carbocycles. The van der Waals surface area contributed by atoms with E-state index in [2.05, 4.69) is 15.3 Å². The number of carbonyl (C=O) groups is 1. The Morgan fingerprint density at radius 1 is 1.38 bits per heavy atom. The molecule has 0 saturated heterocycles. The SMILES string of the molecule is CC(=O)Nc1nc(Cl)nc2ccc(C)cc12. The minimum absolute atomic E-state index is 0.125. The van der Waals surface area contributed by atoms with E-state index in [1.807, 2.05) is 25.1 Å². The van der Waals surface area contributed by atoms with Gasteiger partial charge in [0, 0.05) is 12.3 Å². The fourth-order valence-corrected chi connectivity index (χ4v) is 1.65. The van der Waals surface area contributed by atoms with Crippen molar-refractivity contribution in [2.75, 3.05) is 5.32 Å². The molecule has 0 bridgehead atoms. The minimum atomic E-state index is -0.183. The molecule has 2 aromatic rings. The van der Waals surface area contributed by atoms with E-state index in [4.69, 9.17) is 11.6 Å². The molecule has 0 radical (unpaired) electrons. The number of halogens is 1. The quantitative estimate of drug-likeness (QED) is 0.773. The second-order valence-corrected chi connectivity index (χ2v) is 3.88. The van der Waals surface area contributed by atoms with E-state index >= 15 is 0 Å². The summed E-state index contributed by atoms with van der Waals surface area (Å²) in [5.74, 6) is 0.267. The molecular formula is C11H10ClN3O. The number of nitrogens with zero attached hydrogens (tertiary/aromatic N) is 2. The Kier molecular flexibility index (Phi) is 2.75. The van der Waals surface area contributed by atoms with Crippen molar-refractivity contribution in [2.45, 2.75) is 13.8 Å². The number of fused-ring (bicyclic) bond motifs is 1. The number of carbonyl (C=O) groups excluding carboxylic acids is 1. The molecule has 0 atom stereocenters. The first-order valence-corrected chi connectivity index (χ1v) is 5.15. The molecule has 5 heteroatoms.